The van der Waals surface area contributed by atoms with Gasteiger partial charge in [0.2, 0.25) is 5.91 Å². The minimum Gasteiger partial charge on any atom is -0.324 e. The van der Waals surface area contributed by atoms with E-state index < -0.39 is 5.92 Å². The van der Waals surface area contributed by atoms with Crippen LogP contribution in [-0.4, -0.2) is 5.91 Å². The van der Waals surface area contributed by atoms with Crippen LogP contribution >= 0.6 is 0 Å². The molecular weight excluding hydrogens is 200 g/mol. The Balaban J connectivity index is 2.47. The molecule has 1 aliphatic rings. The van der Waals surface area contributed by atoms with E-state index in [0.29, 0.717) is 12.3 Å². The highest BCUT2D eigenvalue weighted by atomic mass is 16.1. The number of para-hydroxylation sites is 1. The first-order chi connectivity index (χ1) is 7.63. The van der Waals surface area contributed by atoms with Gasteiger partial charge in [-0.15, -0.1) is 0 Å². The van der Waals surface area contributed by atoms with Crippen molar-refractivity contribution in [2.45, 2.75) is 26.2 Å². The third-order valence-electron chi connectivity index (χ3n) is 2.95. The van der Waals surface area contributed by atoms with Crippen LogP contribution < -0.4 is 5.32 Å². The summed E-state index contributed by atoms with van der Waals surface area (Å²) in [6.07, 6.45) is 0.526. The fraction of sp³-hybridized carbons (Fsp3) is 0.385. The van der Waals surface area contributed by atoms with Crippen LogP contribution in [0.2, 0.25) is 0 Å². The molecule has 0 radical (unpaired) electrons. The molecule has 1 atom stereocenters. The van der Waals surface area contributed by atoms with Crippen LogP contribution in [0.4, 0.5) is 5.69 Å². The zero-order valence-electron chi connectivity index (χ0n) is 9.45. The maximum absolute atomic E-state index is 11.6. The highest BCUT2D eigenvalue weighted by Crippen LogP contribution is 2.32. The molecule has 1 aromatic carbocycles. The predicted molar refractivity (Wildman–Crippen MR) is 62.0 cm³/mol. The van der Waals surface area contributed by atoms with Crippen molar-refractivity contribution in [2.24, 2.45) is 5.92 Å². The molecule has 1 aromatic rings. The second-order valence-electron chi connectivity index (χ2n) is 4.41. The first kappa shape index (κ1) is 10.7. The Bertz CT molecular complexity index is 471. The molecule has 1 amide bonds. The Morgan fingerprint density at radius 1 is 1.50 bits per heavy atom. The summed E-state index contributed by atoms with van der Waals surface area (Å²) in [4.78, 5) is 11.6. The van der Waals surface area contributed by atoms with Crippen molar-refractivity contribution in [1.29, 1.82) is 5.26 Å². The number of rotatable bonds is 1. The molecule has 0 aromatic heterocycles. The number of hydrogen-bond donors (Lipinski definition) is 1. The van der Waals surface area contributed by atoms with Gasteiger partial charge < -0.3 is 5.32 Å². The second-order valence-corrected chi connectivity index (χ2v) is 4.41. The van der Waals surface area contributed by atoms with E-state index in [1.54, 1.807) is 0 Å². The van der Waals surface area contributed by atoms with Gasteiger partial charge in [0, 0.05) is 5.69 Å². The first-order valence-electron chi connectivity index (χ1n) is 5.45. The lowest BCUT2D eigenvalue weighted by molar-refractivity contribution is -0.118. The fourth-order valence-electron chi connectivity index (χ4n) is 2.05. The van der Waals surface area contributed by atoms with Crippen molar-refractivity contribution >= 4 is 11.6 Å². The minimum atomic E-state index is -0.546. The lowest BCUT2D eigenvalue weighted by atomic mass is 9.89. The number of nitrogens with one attached hydrogen (secondary N) is 1. The van der Waals surface area contributed by atoms with Crippen molar-refractivity contribution in [3.05, 3.63) is 29.3 Å². The van der Waals surface area contributed by atoms with Gasteiger partial charge in [-0.2, -0.15) is 5.26 Å². The Morgan fingerprint density at radius 3 is 2.88 bits per heavy atom. The number of nitriles is 1. The van der Waals surface area contributed by atoms with Crippen LogP contribution in [0.5, 0.6) is 0 Å². The molecule has 0 aliphatic carbocycles. The smallest absolute Gasteiger partial charge is 0.242 e. The van der Waals surface area contributed by atoms with Gasteiger partial charge in [-0.3, -0.25) is 4.79 Å². The van der Waals surface area contributed by atoms with E-state index in [0.717, 1.165) is 16.8 Å². The molecule has 2 rings (SSSR count). The quantitative estimate of drug-likeness (QED) is 0.780. The predicted octanol–water partition coefficient (Wildman–Crippen LogP) is 2.44. The molecule has 3 nitrogen and oxygen atoms in total. The van der Waals surface area contributed by atoms with Gasteiger partial charge in [-0.1, -0.05) is 32.0 Å². The number of anilines is 1. The summed E-state index contributed by atoms with van der Waals surface area (Å²) in [7, 11) is 0. The summed E-state index contributed by atoms with van der Waals surface area (Å²) in [6.45, 7) is 4.19. The van der Waals surface area contributed by atoms with E-state index in [2.05, 4.69) is 19.2 Å². The molecule has 1 aliphatic heterocycles. The number of amides is 1. The molecular formula is C13H14N2O. The van der Waals surface area contributed by atoms with Crippen molar-refractivity contribution in [3.63, 3.8) is 0 Å². The van der Waals surface area contributed by atoms with Crippen molar-refractivity contribution < 1.29 is 4.79 Å². The van der Waals surface area contributed by atoms with Crippen LogP contribution in [0.15, 0.2) is 18.2 Å². The average molecular weight is 214 g/mol. The standard InChI is InChI=1S/C13H14N2O/c1-8(2)11-5-3-4-9-6-10(7-14)13(16)15-12(9)11/h3-5,8,10H,6H2,1-2H3,(H,15,16). The monoisotopic (exact) mass is 214 g/mol. The van der Waals surface area contributed by atoms with Crippen LogP contribution in [0.3, 0.4) is 0 Å². The zero-order valence-corrected chi connectivity index (χ0v) is 9.45. The van der Waals surface area contributed by atoms with Crippen molar-refractivity contribution in [2.75, 3.05) is 5.32 Å². The SMILES string of the molecule is CC(C)c1cccc2c1NC(=O)C(C#N)C2. The summed E-state index contributed by atoms with van der Waals surface area (Å²) in [5.74, 6) is -0.355. The summed E-state index contributed by atoms with van der Waals surface area (Å²) in [5, 5.41) is 11.7. The second kappa shape index (κ2) is 3.97. The van der Waals surface area contributed by atoms with Gasteiger partial charge in [0.1, 0.15) is 5.92 Å². The number of nitrogens with zero attached hydrogens (tertiary/aromatic N) is 1. The summed E-state index contributed by atoms with van der Waals surface area (Å²) >= 11 is 0. The molecule has 16 heavy (non-hydrogen) atoms. The van der Waals surface area contributed by atoms with Gasteiger partial charge in [-0.25, -0.2) is 0 Å². The molecule has 1 heterocycles. The van der Waals surface area contributed by atoms with E-state index in [1.807, 2.05) is 24.3 Å². The molecule has 0 fully saturated rings. The van der Waals surface area contributed by atoms with Gasteiger partial charge in [-0.05, 0) is 23.5 Å². The Hall–Kier alpha value is -1.82. The maximum atomic E-state index is 11.6. The molecule has 82 valence electrons. The normalized spacial score (nSPS) is 18.9. The van der Waals surface area contributed by atoms with E-state index in [-0.39, 0.29) is 5.91 Å². The van der Waals surface area contributed by atoms with E-state index in [1.165, 1.54) is 0 Å². The highest BCUT2D eigenvalue weighted by Gasteiger charge is 2.27. The topological polar surface area (TPSA) is 52.9 Å². The Morgan fingerprint density at radius 2 is 2.25 bits per heavy atom. The van der Waals surface area contributed by atoms with E-state index >= 15 is 0 Å². The summed E-state index contributed by atoms with van der Waals surface area (Å²) in [5.41, 5.74) is 3.12. The Kier molecular flexibility index (Phi) is 2.66. The third kappa shape index (κ3) is 1.67. The minimum absolute atomic E-state index is 0.178. The van der Waals surface area contributed by atoms with E-state index in [4.69, 9.17) is 5.26 Å². The lowest BCUT2D eigenvalue weighted by Gasteiger charge is -2.24. The van der Waals surface area contributed by atoms with E-state index in [9.17, 15) is 4.79 Å². The molecule has 0 bridgehead atoms. The van der Waals surface area contributed by atoms with Gasteiger partial charge >= 0.3 is 0 Å². The third-order valence-corrected chi connectivity index (χ3v) is 2.95. The van der Waals surface area contributed by atoms with Crippen LogP contribution in [-0.2, 0) is 11.2 Å². The zero-order chi connectivity index (χ0) is 11.7. The molecule has 1 unspecified atom stereocenters. The number of benzene rings is 1. The number of fused-ring (bicyclic) bond motifs is 1. The lowest BCUT2D eigenvalue weighted by Crippen LogP contribution is -2.29. The molecule has 0 saturated carbocycles. The van der Waals surface area contributed by atoms with Crippen LogP contribution in [0, 0.1) is 17.2 Å². The average Bonchev–Trinajstić information content (AvgIpc) is 2.27. The summed E-state index contributed by atoms with van der Waals surface area (Å²) < 4.78 is 0. The van der Waals surface area contributed by atoms with Crippen molar-refractivity contribution in [3.8, 4) is 6.07 Å². The Labute approximate surface area is 95.1 Å². The number of hydrogen-bond acceptors (Lipinski definition) is 2. The van der Waals surface area contributed by atoms with Gasteiger partial charge in [0.25, 0.3) is 0 Å². The van der Waals surface area contributed by atoms with Gasteiger partial charge in [0.15, 0.2) is 0 Å². The van der Waals surface area contributed by atoms with Crippen LogP contribution in [0.1, 0.15) is 30.9 Å². The molecule has 1 N–H and O–H groups in total. The first-order valence-corrected chi connectivity index (χ1v) is 5.45. The number of carbonyl (C=O) groups is 1. The molecule has 3 heteroatoms. The fourth-order valence-corrected chi connectivity index (χ4v) is 2.05. The maximum Gasteiger partial charge on any atom is 0.242 e. The molecule has 0 spiro atoms. The summed E-state index contributed by atoms with van der Waals surface area (Å²) in [6, 6.07) is 8.02. The molecule has 0 saturated heterocycles. The number of carbonyl (C=O) groups excluding carboxylic acids is 1. The van der Waals surface area contributed by atoms with Gasteiger partial charge in [0.05, 0.1) is 6.07 Å². The van der Waals surface area contributed by atoms with Crippen LogP contribution in [0.25, 0.3) is 0 Å². The largest absolute Gasteiger partial charge is 0.324 e. The van der Waals surface area contributed by atoms with Crippen molar-refractivity contribution in [1.82, 2.24) is 0 Å². The highest BCUT2D eigenvalue weighted by molar-refractivity contribution is 5.98.